The lowest BCUT2D eigenvalue weighted by Crippen LogP contribution is -2.53. The molecule has 22 heavy (non-hydrogen) atoms. The second kappa shape index (κ2) is 5.54. The van der Waals surface area contributed by atoms with Crippen molar-refractivity contribution in [3.63, 3.8) is 0 Å². The number of aromatic nitrogens is 1. The van der Waals surface area contributed by atoms with E-state index in [2.05, 4.69) is 22.5 Å². The molecule has 0 spiro atoms. The molecule has 1 saturated heterocycles. The highest BCUT2D eigenvalue weighted by Crippen LogP contribution is 2.34. The fourth-order valence-corrected chi connectivity index (χ4v) is 3.82. The number of rotatable bonds is 4. The number of hydrogen-bond acceptors (Lipinski definition) is 3. The van der Waals surface area contributed by atoms with Crippen molar-refractivity contribution in [3.05, 3.63) is 58.9 Å². The number of β-lactam (4-membered cyclic amide) rings is 1. The molecule has 1 atom stereocenters. The van der Waals surface area contributed by atoms with Gasteiger partial charge in [-0.1, -0.05) is 24.3 Å². The van der Waals surface area contributed by atoms with E-state index >= 15 is 0 Å². The van der Waals surface area contributed by atoms with Crippen LogP contribution in [0.3, 0.4) is 0 Å². The molecule has 3 heterocycles. The lowest BCUT2D eigenvalue weighted by Gasteiger charge is -2.40. The highest BCUT2D eigenvalue weighted by atomic mass is 32.1. The van der Waals surface area contributed by atoms with Gasteiger partial charge < -0.3 is 4.90 Å². The molecule has 0 aliphatic carbocycles. The molecule has 3 nitrogen and oxygen atoms in total. The van der Waals surface area contributed by atoms with Crippen molar-refractivity contribution in [3.8, 4) is 0 Å². The monoisotopic (exact) mass is 308 g/mol. The van der Waals surface area contributed by atoms with E-state index in [0.29, 0.717) is 12.5 Å². The van der Waals surface area contributed by atoms with Gasteiger partial charge >= 0.3 is 0 Å². The van der Waals surface area contributed by atoms with Crippen molar-refractivity contribution in [2.45, 2.75) is 25.3 Å². The van der Waals surface area contributed by atoms with E-state index in [4.69, 9.17) is 0 Å². The molecule has 4 rings (SSSR count). The number of benzene rings is 1. The van der Waals surface area contributed by atoms with Crippen LogP contribution in [0.1, 0.15) is 17.7 Å². The lowest BCUT2D eigenvalue weighted by molar-refractivity contribution is -0.124. The predicted molar refractivity (Wildman–Crippen MR) is 90.3 cm³/mol. The number of aryl methyl sites for hydroxylation is 1. The Hall–Kier alpha value is -2.20. The molecule has 0 N–H and O–H groups in total. The first-order valence-corrected chi connectivity index (χ1v) is 8.39. The van der Waals surface area contributed by atoms with E-state index in [9.17, 15) is 4.79 Å². The Kier molecular flexibility index (Phi) is 3.39. The smallest absolute Gasteiger partial charge is 0.229 e. The SMILES string of the molecule is O=C1CC(CCc2cccs2)N1c1cccc2cccnc12. The average Bonchev–Trinajstić information content (AvgIpc) is 3.05. The average molecular weight is 308 g/mol. The summed E-state index contributed by atoms with van der Waals surface area (Å²) in [6.07, 6.45) is 4.48. The Labute approximate surface area is 133 Å². The zero-order valence-corrected chi connectivity index (χ0v) is 12.9. The fourth-order valence-electron chi connectivity index (χ4n) is 3.09. The Bertz CT molecular complexity index is 808. The first-order valence-electron chi connectivity index (χ1n) is 7.51. The number of carbonyl (C=O) groups excluding carboxylic acids is 1. The summed E-state index contributed by atoms with van der Waals surface area (Å²) in [7, 11) is 0. The maximum absolute atomic E-state index is 12.1. The van der Waals surface area contributed by atoms with Gasteiger partial charge in [0.25, 0.3) is 0 Å². The number of nitrogens with zero attached hydrogens (tertiary/aromatic N) is 2. The van der Waals surface area contributed by atoms with Crippen LogP contribution in [0.5, 0.6) is 0 Å². The topological polar surface area (TPSA) is 33.2 Å². The van der Waals surface area contributed by atoms with Crippen molar-refractivity contribution < 1.29 is 4.79 Å². The molecule has 0 bridgehead atoms. The number of amides is 1. The molecule has 1 aromatic carbocycles. The van der Waals surface area contributed by atoms with E-state index in [1.54, 1.807) is 17.5 Å². The third-order valence-electron chi connectivity index (χ3n) is 4.22. The zero-order chi connectivity index (χ0) is 14.9. The molecule has 1 amide bonds. The second-order valence-electron chi connectivity index (χ2n) is 5.59. The van der Waals surface area contributed by atoms with Crippen LogP contribution in [0.25, 0.3) is 10.9 Å². The molecular formula is C18H16N2OS. The molecule has 1 unspecified atom stereocenters. The minimum Gasteiger partial charge on any atom is -0.307 e. The van der Waals surface area contributed by atoms with Gasteiger partial charge in [0, 0.05) is 28.9 Å². The Morgan fingerprint density at radius 1 is 1.18 bits per heavy atom. The number of pyridine rings is 1. The van der Waals surface area contributed by atoms with E-state index in [1.165, 1.54) is 4.88 Å². The Morgan fingerprint density at radius 2 is 2.09 bits per heavy atom. The quantitative estimate of drug-likeness (QED) is 0.682. The highest BCUT2D eigenvalue weighted by molar-refractivity contribution is 7.09. The number of anilines is 1. The van der Waals surface area contributed by atoms with Crippen LogP contribution in [0.4, 0.5) is 5.69 Å². The summed E-state index contributed by atoms with van der Waals surface area (Å²) >= 11 is 1.78. The van der Waals surface area contributed by atoms with Gasteiger partial charge in [-0.25, -0.2) is 0 Å². The predicted octanol–water partition coefficient (Wildman–Crippen LogP) is 4.03. The maximum atomic E-state index is 12.1. The summed E-state index contributed by atoms with van der Waals surface area (Å²) in [6, 6.07) is 14.5. The van der Waals surface area contributed by atoms with Crippen LogP contribution in [-0.2, 0) is 11.2 Å². The van der Waals surface area contributed by atoms with Gasteiger partial charge in [-0.15, -0.1) is 11.3 Å². The normalized spacial score (nSPS) is 17.7. The minimum absolute atomic E-state index is 0.203. The van der Waals surface area contributed by atoms with Crippen LogP contribution in [-0.4, -0.2) is 16.9 Å². The zero-order valence-electron chi connectivity index (χ0n) is 12.1. The summed E-state index contributed by atoms with van der Waals surface area (Å²) in [5, 5.41) is 3.19. The van der Waals surface area contributed by atoms with Gasteiger partial charge in [0.1, 0.15) is 0 Å². The third kappa shape index (κ3) is 2.29. The molecule has 4 heteroatoms. The minimum atomic E-state index is 0.203. The Morgan fingerprint density at radius 3 is 2.91 bits per heavy atom. The van der Waals surface area contributed by atoms with Crippen molar-refractivity contribution >= 4 is 33.8 Å². The van der Waals surface area contributed by atoms with E-state index in [0.717, 1.165) is 29.4 Å². The van der Waals surface area contributed by atoms with Crippen LogP contribution >= 0.6 is 11.3 Å². The summed E-state index contributed by atoms with van der Waals surface area (Å²) in [6.45, 7) is 0. The number of hydrogen-bond donors (Lipinski definition) is 0. The van der Waals surface area contributed by atoms with Gasteiger partial charge in [0.15, 0.2) is 0 Å². The number of para-hydroxylation sites is 1. The molecule has 110 valence electrons. The van der Waals surface area contributed by atoms with E-state index in [1.807, 2.05) is 35.2 Å². The van der Waals surface area contributed by atoms with Crippen LogP contribution in [0.15, 0.2) is 54.0 Å². The van der Waals surface area contributed by atoms with Crippen molar-refractivity contribution in [2.24, 2.45) is 0 Å². The molecule has 2 aromatic heterocycles. The molecule has 0 saturated carbocycles. The van der Waals surface area contributed by atoms with Crippen molar-refractivity contribution in [1.82, 2.24) is 4.98 Å². The maximum Gasteiger partial charge on any atom is 0.229 e. The summed E-state index contributed by atoms with van der Waals surface area (Å²) in [4.78, 5) is 19.9. The van der Waals surface area contributed by atoms with Crippen LogP contribution in [0, 0.1) is 0 Å². The summed E-state index contributed by atoms with van der Waals surface area (Å²) in [5.74, 6) is 0.203. The molecule has 1 aliphatic rings. The second-order valence-corrected chi connectivity index (χ2v) is 6.62. The summed E-state index contributed by atoms with van der Waals surface area (Å²) < 4.78 is 0. The number of thiophene rings is 1. The number of fused-ring (bicyclic) bond motifs is 1. The lowest BCUT2D eigenvalue weighted by atomic mass is 9.95. The number of carbonyl (C=O) groups is 1. The van der Waals surface area contributed by atoms with Crippen LogP contribution < -0.4 is 4.90 Å². The van der Waals surface area contributed by atoms with Crippen molar-refractivity contribution in [1.29, 1.82) is 0 Å². The van der Waals surface area contributed by atoms with Gasteiger partial charge in [-0.05, 0) is 36.4 Å². The molecular weight excluding hydrogens is 292 g/mol. The standard InChI is InChI=1S/C18H16N2OS/c21-17-12-14(8-9-15-6-3-11-22-15)20(17)16-7-1-4-13-5-2-10-19-18(13)16/h1-7,10-11,14H,8-9,12H2. The third-order valence-corrected chi connectivity index (χ3v) is 5.16. The highest BCUT2D eigenvalue weighted by Gasteiger charge is 2.37. The fraction of sp³-hybridized carbons (Fsp3) is 0.222. The molecule has 1 aliphatic heterocycles. The first kappa shape index (κ1) is 13.5. The molecule has 1 fully saturated rings. The summed E-state index contributed by atoms with van der Waals surface area (Å²) in [5.41, 5.74) is 1.87. The van der Waals surface area contributed by atoms with Gasteiger partial charge in [-0.3, -0.25) is 9.78 Å². The molecule has 0 radical (unpaired) electrons. The van der Waals surface area contributed by atoms with Crippen molar-refractivity contribution in [2.75, 3.05) is 4.90 Å². The van der Waals surface area contributed by atoms with E-state index in [-0.39, 0.29) is 5.91 Å². The first-order chi connectivity index (χ1) is 10.8. The van der Waals surface area contributed by atoms with Crippen LogP contribution in [0.2, 0.25) is 0 Å². The van der Waals surface area contributed by atoms with Gasteiger partial charge in [-0.2, -0.15) is 0 Å². The molecule has 3 aromatic rings. The van der Waals surface area contributed by atoms with Gasteiger partial charge in [0.05, 0.1) is 11.2 Å². The van der Waals surface area contributed by atoms with Gasteiger partial charge in [0.2, 0.25) is 5.91 Å². The largest absolute Gasteiger partial charge is 0.307 e. The van der Waals surface area contributed by atoms with E-state index < -0.39 is 0 Å². The Balaban J connectivity index is 1.60.